The fourth-order valence-electron chi connectivity index (χ4n) is 2.31. The molecule has 1 aliphatic rings. The third-order valence-corrected chi connectivity index (χ3v) is 3.45. The Morgan fingerprint density at radius 2 is 2.00 bits per heavy atom. The summed E-state index contributed by atoms with van der Waals surface area (Å²) >= 11 is 0. The summed E-state index contributed by atoms with van der Waals surface area (Å²) in [6.45, 7) is 0.602. The average molecular weight is 289 g/mol. The van der Waals surface area contributed by atoms with E-state index in [0.717, 1.165) is 19.3 Å². The standard InChI is InChI=1S/C15H19N3O3/c19-15(16-11-10-12-4-2-1-3-5-12)17-13-6-8-14(9-7-13)18(20)21/h4,6-9H,1-3,5,10-11H2,(H2,16,17,19). The van der Waals surface area contributed by atoms with E-state index < -0.39 is 4.92 Å². The molecule has 2 amide bonds. The smallest absolute Gasteiger partial charge is 0.319 e. The van der Waals surface area contributed by atoms with Gasteiger partial charge in [-0.25, -0.2) is 4.79 Å². The van der Waals surface area contributed by atoms with Gasteiger partial charge >= 0.3 is 6.03 Å². The van der Waals surface area contributed by atoms with Crippen molar-refractivity contribution in [3.8, 4) is 0 Å². The number of benzene rings is 1. The Labute approximate surface area is 123 Å². The molecule has 21 heavy (non-hydrogen) atoms. The Kier molecular flexibility index (Phi) is 5.31. The minimum atomic E-state index is -0.470. The number of carbonyl (C=O) groups excluding carboxylic acids is 1. The Hall–Kier alpha value is -2.37. The summed E-state index contributed by atoms with van der Waals surface area (Å²) in [5, 5.41) is 16.0. The predicted octanol–water partition coefficient (Wildman–Crippen LogP) is 3.61. The van der Waals surface area contributed by atoms with Crippen LogP contribution in [0, 0.1) is 10.1 Å². The lowest BCUT2D eigenvalue weighted by Crippen LogP contribution is -2.29. The molecule has 0 aromatic heterocycles. The highest BCUT2D eigenvalue weighted by Gasteiger charge is 2.07. The number of nitrogens with one attached hydrogen (secondary N) is 2. The van der Waals surface area contributed by atoms with Crippen molar-refractivity contribution in [2.24, 2.45) is 0 Å². The Balaban J connectivity index is 1.73. The number of hydrogen-bond donors (Lipinski definition) is 2. The summed E-state index contributed by atoms with van der Waals surface area (Å²) < 4.78 is 0. The summed E-state index contributed by atoms with van der Waals surface area (Å²) in [6.07, 6.45) is 7.92. The minimum absolute atomic E-state index is 0.00481. The Bertz CT molecular complexity index is 538. The lowest BCUT2D eigenvalue weighted by Gasteiger charge is -2.13. The summed E-state index contributed by atoms with van der Waals surface area (Å²) in [5.41, 5.74) is 1.96. The van der Waals surface area contributed by atoms with Crippen LogP contribution in [0.15, 0.2) is 35.9 Å². The fraction of sp³-hybridized carbons (Fsp3) is 0.400. The van der Waals surface area contributed by atoms with Gasteiger partial charge in [0.15, 0.2) is 0 Å². The molecule has 0 radical (unpaired) electrons. The number of rotatable bonds is 5. The van der Waals surface area contributed by atoms with E-state index in [1.807, 2.05) is 0 Å². The maximum atomic E-state index is 11.7. The highest BCUT2D eigenvalue weighted by molar-refractivity contribution is 5.89. The molecule has 6 heteroatoms. The third-order valence-electron chi connectivity index (χ3n) is 3.45. The van der Waals surface area contributed by atoms with E-state index in [9.17, 15) is 14.9 Å². The first-order valence-electron chi connectivity index (χ1n) is 7.12. The Morgan fingerprint density at radius 1 is 1.24 bits per heavy atom. The van der Waals surface area contributed by atoms with Gasteiger partial charge in [0.2, 0.25) is 0 Å². The molecule has 2 N–H and O–H groups in total. The first kappa shape index (κ1) is 15.0. The van der Waals surface area contributed by atoms with Crippen LogP contribution in [0.5, 0.6) is 0 Å². The number of anilines is 1. The van der Waals surface area contributed by atoms with E-state index in [-0.39, 0.29) is 11.7 Å². The first-order chi connectivity index (χ1) is 10.1. The van der Waals surface area contributed by atoms with Gasteiger partial charge in [0.05, 0.1) is 4.92 Å². The van der Waals surface area contributed by atoms with Crippen molar-refractivity contribution in [3.63, 3.8) is 0 Å². The van der Waals surface area contributed by atoms with E-state index in [2.05, 4.69) is 16.7 Å². The number of nitro benzene ring substituents is 1. The van der Waals surface area contributed by atoms with Gasteiger partial charge in [0.1, 0.15) is 0 Å². The molecular weight excluding hydrogens is 270 g/mol. The quantitative estimate of drug-likeness (QED) is 0.493. The minimum Gasteiger partial charge on any atom is -0.338 e. The molecule has 0 bridgehead atoms. The molecule has 0 aliphatic heterocycles. The zero-order chi connectivity index (χ0) is 15.1. The van der Waals surface area contributed by atoms with Crippen LogP contribution in [0.25, 0.3) is 0 Å². The molecule has 2 rings (SSSR count). The fourth-order valence-corrected chi connectivity index (χ4v) is 2.31. The van der Waals surface area contributed by atoms with E-state index in [1.165, 1.54) is 42.7 Å². The van der Waals surface area contributed by atoms with E-state index in [1.54, 1.807) is 0 Å². The van der Waals surface area contributed by atoms with Gasteiger partial charge in [0.25, 0.3) is 5.69 Å². The third kappa shape index (κ3) is 4.91. The average Bonchev–Trinajstić information content (AvgIpc) is 2.49. The topological polar surface area (TPSA) is 84.3 Å². The van der Waals surface area contributed by atoms with Crippen LogP contribution in [0.2, 0.25) is 0 Å². The van der Waals surface area contributed by atoms with Gasteiger partial charge in [0, 0.05) is 24.4 Å². The number of nitro groups is 1. The number of hydrogen-bond acceptors (Lipinski definition) is 3. The molecule has 0 saturated heterocycles. The Morgan fingerprint density at radius 3 is 2.62 bits per heavy atom. The van der Waals surface area contributed by atoms with Gasteiger partial charge in [-0.05, 0) is 44.2 Å². The van der Waals surface area contributed by atoms with E-state index in [4.69, 9.17) is 0 Å². The van der Waals surface area contributed by atoms with Crippen molar-refractivity contribution in [2.75, 3.05) is 11.9 Å². The molecule has 112 valence electrons. The van der Waals surface area contributed by atoms with Crippen LogP contribution >= 0.6 is 0 Å². The number of allylic oxidation sites excluding steroid dienone is 1. The molecule has 1 aromatic rings. The molecule has 0 saturated carbocycles. The molecule has 1 aliphatic carbocycles. The normalized spacial score (nSPS) is 14.2. The number of amides is 2. The van der Waals surface area contributed by atoms with Gasteiger partial charge < -0.3 is 10.6 Å². The van der Waals surface area contributed by atoms with Crippen LogP contribution in [-0.2, 0) is 0 Å². The summed E-state index contributed by atoms with van der Waals surface area (Å²) in [6, 6.07) is 5.47. The molecule has 0 fully saturated rings. The highest BCUT2D eigenvalue weighted by Crippen LogP contribution is 2.19. The molecule has 0 heterocycles. The van der Waals surface area contributed by atoms with Crippen molar-refractivity contribution in [1.29, 1.82) is 0 Å². The highest BCUT2D eigenvalue weighted by atomic mass is 16.6. The second-order valence-electron chi connectivity index (χ2n) is 5.04. The SMILES string of the molecule is O=C(NCCC1=CCCCC1)Nc1ccc([N+](=O)[O-])cc1. The molecule has 0 atom stereocenters. The van der Waals surface area contributed by atoms with E-state index in [0.29, 0.717) is 12.2 Å². The number of urea groups is 1. The van der Waals surface area contributed by atoms with E-state index >= 15 is 0 Å². The van der Waals surface area contributed by atoms with Gasteiger partial charge in [-0.1, -0.05) is 11.6 Å². The van der Waals surface area contributed by atoms with Crippen molar-refractivity contribution in [3.05, 3.63) is 46.0 Å². The number of carbonyl (C=O) groups is 1. The van der Waals surface area contributed by atoms with Crippen LogP contribution in [-0.4, -0.2) is 17.5 Å². The lowest BCUT2D eigenvalue weighted by molar-refractivity contribution is -0.384. The van der Waals surface area contributed by atoms with Crippen LogP contribution in [0.4, 0.5) is 16.2 Å². The van der Waals surface area contributed by atoms with Crippen molar-refractivity contribution < 1.29 is 9.72 Å². The van der Waals surface area contributed by atoms with Gasteiger partial charge in [-0.3, -0.25) is 10.1 Å². The van der Waals surface area contributed by atoms with Crippen LogP contribution < -0.4 is 10.6 Å². The molecule has 0 unspecified atom stereocenters. The number of nitrogens with zero attached hydrogens (tertiary/aromatic N) is 1. The molecule has 1 aromatic carbocycles. The number of non-ortho nitro benzene ring substituents is 1. The lowest BCUT2D eigenvalue weighted by atomic mass is 9.97. The zero-order valence-corrected chi connectivity index (χ0v) is 11.8. The molecule has 6 nitrogen and oxygen atoms in total. The van der Waals surface area contributed by atoms with Crippen molar-refractivity contribution >= 4 is 17.4 Å². The second-order valence-corrected chi connectivity index (χ2v) is 5.04. The zero-order valence-electron chi connectivity index (χ0n) is 11.8. The van der Waals surface area contributed by atoms with Gasteiger partial charge in [-0.2, -0.15) is 0 Å². The van der Waals surface area contributed by atoms with Crippen LogP contribution in [0.1, 0.15) is 32.1 Å². The molecule has 0 spiro atoms. The molecular formula is C15H19N3O3. The second kappa shape index (κ2) is 7.42. The van der Waals surface area contributed by atoms with Crippen molar-refractivity contribution in [2.45, 2.75) is 32.1 Å². The maximum Gasteiger partial charge on any atom is 0.319 e. The predicted molar refractivity (Wildman–Crippen MR) is 81.3 cm³/mol. The van der Waals surface area contributed by atoms with Crippen molar-refractivity contribution in [1.82, 2.24) is 5.32 Å². The summed E-state index contributed by atoms with van der Waals surface area (Å²) in [7, 11) is 0. The van der Waals surface area contributed by atoms with Gasteiger partial charge in [-0.15, -0.1) is 0 Å². The summed E-state index contributed by atoms with van der Waals surface area (Å²) in [5.74, 6) is 0. The first-order valence-corrected chi connectivity index (χ1v) is 7.12. The monoisotopic (exact) mass is 289 g/mol. The summed E-state index contributed by atoms with van der Waals surface area (Å²) in [4.78, 5) is 21.8. The van der Waals surface area contributed by atoms with Crippen LogP contribution in [0.3, 0.4) is 0 Å². The maximum absolute atomic E-state index is 11.7. The largest absolute Gasteiger partial charge is 0.338 e.